The van der Waals surface area contributed by atoms with Crippen molar-refractivity contribution in [1.82, 2.24) is 14.9 Å². The SMILES string of the molecule is Cc1ccc(C(NC(=O)/C=C/c2ccccc2)c2nccn2C)cc1. The van der Waals surface area contributed by atoms with Gasteiger partial charge in [-0.1, -0.05) is 60.2 Å². The number of benzene rings is 2. The molecule has 1 N–H and O–H groups in total. The zero-order valence-corrected chi connectivity index (χ0v) is 14.4. The van der Waals surface area contributed by atoms with Gasteiger partial charge in [0.2, 0.25) is 5.91 Å². The lowest BCUT2D eigenvalue weighted by Gasteiger charge is -2.18. The van der Waals surface area contributed by atoms with Gasteiger partial charge >= 0.3 is 0 Å². The van der Waals surface area contributed by atoms with Crippen LogP contribution >= 0.6 is 0 Å². The van der Waals surface area contributed by atoms with Crippen LogP contribution in [0.2, 0.25) is 0 Å². The molecule has 1 unspecified atom stereocenters. The Morgan fingerprint density at radius 1 is 1.12 bits per heavy atom. The van der Waals surface area contributed by atoms with E-state index in [0.29, 0.717) is 0 Å². The number of aromatic nitrogens is 2. The molecule has 0 aliphatic heterocycles. The maximum absolute atomic E-state index is 12.4. The van der Waals surface area contributed by atoms with E-state index in [4.69, 9.17) is 0 Å². The molecule has 0 saturated carbocycles. The minimum absolute atomic E-state index is 0.155. The Morgan fingerprint density at radius 3 is 2.48 bits per heavy atom. The molecule has 1 heterocycles. The average molecular weight is 331 g/mol. The highest BCUT2D eigenvalue weighted by atomic mass is 16.1. The van der Waals surface area contributed by atoms with Gasteiger partial charge < -0.3 is 9.88 Å². The van der Waals surface area contributed by atoms with Crippen LogP contribution in [-0.4, -0.2) is 15.5 Å². The van der Waals surface area contributed by atoms with Crippen LogP contribution < -0.4 is 5.32 Å². The summed E-state index contributed by atoms with van der Waals surface area (Å²) in [6.07, 6.45) is 6.98. The third kappa shape index (κ3) is 4.23. The van der Waals surface area contributed by atoms with E-state index < -0.39 is 0 Å². The molecule has 126 valence electrons. The molecular weight excluding hydrogens is 310 g/mol. The van der Waals surface area contributed by atoms with Crippen LogP contribution in [0.3, 0.4) is 0 Å². The Morgan fingerprint density at radius 2 is 1.84 bits per heavy atom. The van der Waals surface area contributed by atoms with E-state index in [0.717, 1.165) is 17.0 Å². The number of carbonyl (C=O) groups is 1. The number of nitrogens with zero attached hydrogens (tertiary/aromatic N) is 2. The molecule has 3 rings (SSSR count). The number of nitrogens with one attached hydrogen (secondary N) is 1. The lowest BCUT2D eigenvalue weighted by Crippen LogP contribution is -2.29. The number of hydrogen-bond acceptors (Lipinski definition) is 2. The monoisotopic (exact) mass is 331 g/mol. The van der Waals surface area contributed by atoms with Gasteiger partial charge in [0.25, 0.3) is 0 Å². The smallest absolute Gasteiger partial charge is 0.244 e. The van der Waals surface area contributed by atoms with Crippen molar-refractivity contribution >= 4 is 12.0 Å². The molecule has 0 fully saturated rings. The molecule has 0 saturated heterocycles. The number of hydrogen-bond donors (Lipinski definition) is 1. The Bertz CT molecular complexity index is 864. The maximum Gasteiger partial charge on any atom is 0.244 e. The van der Waals surface area contributed by atoms with Gasteiger partial charge in [0.15, 0.2) is 0 Å². The van der Waals surface area contributed by atoms with Crippen LogP contribution in [0.15, 0.2) is 73.1 Å². The van der Waals surface area contributed by atoms with Crippen molar-refractivity contribution in [1.29, 1.82) is 0 Å². The fourth-order valence-corrected chi connectivity index (χ4v) is 2.64. The van der Waals surface area contributed by atoms with Gasteiger partial charge in [0.1, 0.15) is 11.9 Å². The largest absolute Gasteiger partial charge is 0.339 e. The van der Waals surface area contributed by atoms with Crippen LogP contribution in [0, 0.1) is 6.92 Å². The van der Waals surface area contributed by atoms with Crippen LogP contribution in [0.25, 0.3) is 6.08 Å². The van der Waals surface area contributed by atoms with Crippen molar-refractivity contribution in [3.05, 3.63) is 95.6 Å². The van der Waals surface area contributed by atoms with Crippen LogP contribution in [0.1, 0.15) is 28.6 Å². The van der Waals surface area contributed by atoms with Gasteiger partial charge in [-0.15, -0.1) is 0 Å². The Balaban J connectivity index is 1.83. The molecule has 0 bridgehead atoms. The molecule has 0 spiro atoms. The lowest BCUT2D eigenvalue weighted by molar-refractivity contribution is -0.117. The number of aryl methyl sites for hydroxylation is 2. The van der Waals surface area contributed by atoms with Gasteiger partial charge in [-0.05, 0) is 24.1 Å². The van der Waals surface area contributed by atoms with E-state index in [2.05, 4.69) is 10.3 Å². The third-order valence-electron chi connectivity index (χ3n) is 4.04. The molecule has 1 amide bonds. The second-order valence-corrected chi connectivity index (χ2v) is 5.99. The highest BCUT2D eigenvalue weighted by molar-refractivity contribution is 5.92. The van der Waals surface area contributed by atoms with Crippen molar-refractivity contribution < 1.29 is 4.79 Å². The second-order valence-electron chi connectivity index (χ2n) is 5.99. The molecule has 3 aromatic rings. The standard InChI is InChI=1S/C21H21N3O/c1-16-8-11-18(12-9-16)20(21-22-14-15-24(21)2)23-19(25)13-10-17-6-4-3-5-7-17/h3-15,20H,1-2H3,(H,23,25)/b13-10+. The summed E-state index contributed by atoms with van der Waals surface area (Å²) in [5.41, 5.74) is 3.17. The van der Waals surface area contributed by atoms with E-state index in [1.165, 1.54) is 5.56 Å². The predicted octanol–water partition coefficient (Wildman–Crippen LogP) is 3.65. The van der Waals surface area contributed by atoms with E-state index in [1.54, 1.807) is 18.3 Å². The second kappa shape index (κ2) is 7.62. The van der Waals surface area contributed by atoms with E-state index >= 15 is 0 Å². The first-order valence-electron chi connectivity index (χ1n) is 8.21. The summed E-state index contributed by atoms with van der Waals surface area (Å²) in [6.45, 7) is 2.04. The average Bonchev–Trinajstić information content (AvgIpc) is 3.05. The molecule has 0 aliphatic carbocycles. The van der Waals surface area contributed by atoms with Crippen molar-refractivity contribution in [2.45, 2.75) is 13.0 Å². The Kier molecular flexibility index (Phi) is 5.09. The number of amides is 1. The van der Waals surface area contributed by atoms with Gasteiger partial charge in [-0.2, -0.15) is 0 Å². The molecule has 4 heteroatoms. The molecule has 4 nitrogen and oxygen atoms in total. The molecule has 25 heavy (non-hydrogen) atoms. The summed E-state index contributed by atoms with van der Waals surface area (Å²) in [5, 5.41) is 3.06. The number of imidazole rings is 1. The van der Waals surface area contributed by atoms with Gasteiger partial charge in [0, 0.05) is 25.5 Å². The van der Waals surface area contributed by atoms with Gasteiger partial charge in [-0.3, -0.25) is 4.79 Å². The van der Waals surface area contributed by atoms with Gasteiger partial charge in [-0.25, -0.2) is 4.98 Å². The zero-order valence-electron chi connectivity index (χ0n) is 14.4. The molecule has 0 aliphatic rings. The van der Waals surface area contributed by atoms with Crippen molar-refractivity contribution in [2.75, 3.05) is 0 Å². The Labute approximate surface area is 147 Å². The highest BCUT2D eigenvalue weighted by Crippen LogP contribution is 2.21. The molecule has 0 radical (unpaired) electrons. The summed E-state index contributed by atoms with van der Waals surface area (Å²) in [5.74, 6) is 0.641. The fraction of sp³-hybridized carbons (Fsp3) is 0.143. The van der Waals surface area contributed by atoms with Crippen molar-refractivity contribution in [3.8, 4) is 0 Å². The summed E-state index contributed by atoms with van der Waals surface area (Å²) >= 11 is 0. The van der Waals surface area contributed by atoms with Crippen molar-refractivity contribution in [3.63, 3.8) is 0 Å². The first kappa shape index (κ1) is 16.7. The van der Waals surface area contributed by atoms with Gasteiger partial charge in [0.05, 0.1) is 0 Å². The summed E-state index contributed by atoms with van der Waals surface area (Å²) < 4.78 is 1.92. The molecular formula is C21H21N3O. The van der Waals surface area contributed by atoms with Crippen LogP contribution in [-0.2, 0) is 11.8 Å². The predicted molar refractivity (Wildman–Crippen MR) is 99.8 cm³/mol. The van der Waals surface area contributed by atoms with Crippen molar-refractivity contribution in [2.24, 2.45) is 7.05 Å². The summed E-state index contributed by atoms with van der Waals surface area (Å²) in [4.78, 5) is 16.8. The normalized spacial score (nSPS) is 12.2. The fourth-order valence-electron chi connectivity index (χ4n) is 2.64. The summed E-state index contributed by atoms with van der Waals surface area (Å²) in [6, 6.07) is 17.6. The zero-order chi connectivity index (χ0) is 17.6. The molecule has 1 aromatic heterocycles. The van der Waals surface area contributed by atoms with E-state index in [-0.39, 0.29) is 11.9 Å². The van der Waals surface area contributed by atoms with Crippen LogP contribution in [0.4, 0.5) is 0 Å². The third-order valence-corrected chi connectivity index (χ3v) is 4.04. The summed E-state index contributed by atoms with van der Waals surface area (Å²) in [7, 11) is 1.93. The number of carbonyl (C=O) groups excluding carboxylic acids is 1. The number of rotatable bonds is 5. The maximum atomic E-state index is 12.4. The topological polar surface area (TPSA) is 46.9 Å². The minimum atomic E-state index is -0.298. The Hall–Kier alpha value is -3.14. The minimum Gasteiger partial charge on any atom is -0.339 e. The lowest BCUT2D eigenvalue weighted by atomic mass is 10.0. The molecule has 2 aromatic carbocycles. The molecule has 1 atom stereocenters. The quantitative estimate of drug-likeness (QED) is 0.726. The van der Waals surface area contributed by atoms with Crippen LogP contribution in [0.5, 0.6) is 0 Å². The highest BCUT2D eigenvalue weighted by Gasteiger charge is 2.19. The first-order valence-corrected chi connectivity index (χ1v) is 8.21. The van der Waals surface area contributed by atoms with E-state index in [9.17, 15) is 4.79 Å². The first-order chi connectivity index (χ1) is 12.1. The van der Waals surface area contributed by atoms with E-state index in [1.807, 2.05) is 79.3 Å².